The third-order valence-corrected chi connectivity index (χ3v) is 5.74. The van der Waals surface area contributed by atoms with E-state index in [0.717, 1.165) is 44.5 Å². The number of unbranched alkanes of at least 4 members (excludes halogenated alkanes) is 1. The highest BCUT2D eigenvalue weighted by Gasteiger charge is 2.24. The van der Waals surface area contributed by atoms with Crippen LogP contribution in [0.25, 0.3) is 0 Å². The Morgan fingerprint density at radius 1 is 1.19 bits per heavy atom. The first-order chi connectivity index (χ1) is 15.1. The van der Waals surface area contributed by atoms with Gasteiger partial charge >= 0.3 is 0 Å². The van der Waals surface area contributed by atoms with Crippen LogP contribution in [0.3, 0.4) is 0 Å². The van der Waals surface area contributed by atoms with Gasteiger partial charge in [0.1, 0.15) is 11.6 Å². The fourth-order valence-electron chi connectivity index (χ4n) is 3.89. The number of hydrogen-bond donors (Lipinski definition) is 1. The molecule has 31 heavy (non-hydrogen) atoms. The molecule has 1 N–H and O–H groups in total. The molecule has 1 fully saturated rings. The maximum absolute atomic E-state index is 15.0. The van der Waals surface area contributed by atoms with E-state index in [1.807, 2.05) is 32.2 Å². The zero-order valence-electron chi connectivity index (χ0n) is 18.9. The smallest absolute Gasteiger partial charge is 0.258 e. The lowest BCUT2D eigenvalue weighted by atomic mass is 10.1. The molecule has 168 valence electrons. The predicted octanol–water partition coefficient (Wildman–Crippen LogP) is 4.86. The molecule has 1 aliphatic heterocycles. The van der Waals surface area contributed by atoms with Gasteiger partial charge in [-0.1, -0.05) is 20.3 Å². The first-order valence-corrected chi connectivity index (χ1v) is 11.3. The number of amides is 1. The number of carbonyl (C=O) groups excluding carboxylic acids is 1. The standard InChI is InChI=1S/C25H34FN3O2/c1-4-6-16-31-22-10-7-19(8-11-22)25(30)29(14-5-2)21-9-12-24(23(26)17-21)28-15-13-20(18-28)27-3/h7-12,17,20,27H,4-6,13-16,18H2,1-3H3. The van der Waals surface area contributed by atoms with Crippen molar-refractivity contribution in [1.82, 2.24) is 5.32 Å². The minimum atomic E-state index is -0.289. The van der Waals surface area contributed by atoms with Crippen LogP contribution in [-0.2, 0) is 0 Å². The monoisotopic (exact) mass is 427 g/mol. The van der Waals surface area contributed by atoms with Gasteiger partial charge in [-0.2, -0.15) is 0 Å². The van der Waals surface area contributed by atoms with Crippen molar-refractivity contribution in [2.24, 2.45) is 0 Å². The van der Waals surface area contributed by atoms with Crippen molar-refractivity contribution in [2.45, 2.75) is 45.6 Å². The van der Waals surface area contributed by atoms with Gasteiger partial charge in [-0.05, 0) is 68.8 Å². The molecule has 1 unspecified atom stereocenters. The van der Waals surface area contributed by atoms with E-state index in [2.05, 4.69) is 17.1 Å². The molecule has 0 bridgehead atoms. The lowest BCUT2D eigenvalue weighted by Gasteiger charge is -2.25. The van der Waals surface area contributed by atoms with Crippen LogP contribution in [0.4, 0.5) is 15.8 Å². The molecule has 1 heterocycles. The highest BCUT2D eigenvalue weighted by Crippen LogP contribution is 2.29. The number of rotatable bonds is 10. The highest BCUT2D eigenvalue weighted by molar-refractivity contribution is 6.06. The van der Waals surface area contributed by atoms with Gasteiger partial charge in [0.15, 0.2) is 0 Å². The SMILES string of the molecule is CCCCOc1ccc(C(=O)N(CCC)c2ccc(N3CCC(NC)C3)c(F)c2)cc1. The largest absolute Gasteiger partial charge is 0.494 e. The number of ether oxygens (including phenoxy) is 1. The van der Waals surface area contributed by atoms with Crippen molar-refractivity contribution in [3.05, 3.63) is 53.8 Å². The minimum absolute atomic E-state index is 0.134. The summed E-state index contributed by atoms with van der Waals surface area (Å²) in [5.74, 6) is 0.335. The Morgan fingerprint density at radius 3 is 2.58 bits per heavy atom. The Bertz CT molecular complexity index is 856. The summed E-state index contributed by atoms with van der Waals surface area (Å²) in [5, 5.41) is 3.25. The van der Waals surface area contributed by atoms with Crippen LogP contribution in [0.5, 0.6) is 5.75 Å². The van der Waals surface area contributed by atoms with E-state index in [0.29, 0.717) is 36.1 Å². The van der Waals surface area contributed by atoms with Gasteiger partial charge in [0.25, 0.3) is 5.91 Å². The fraction of sp³-hybridized carbons (Fsp3) is 0.480. The Hall–Kier alpha value is -2.60. The molecule has 0 saturated carbocycles. The molecule has 0 radical (unpaired) electrons. The average molecular weight is 428 g/mol. The lowest BCUT2D eigenvalue weighted by molar-refractivity contribution is 0.0987. The fourth-order valence-corrected chi connectivity index (χ4v) is 3.89. The Kier molecular flexibility index (Phi) is 8.29. The van der Waals surface area contributed by atoms with Gasteiger partial charge in [0.2, 0.25) is 0 Å². The summed E-state index contributed by atoms with van der Waals surface area (Å²) in [6, 6.07) is 12.7. The second-order valence-electron chi connectivity index (χ2n) is 8.04. The number of hydrogen-bond acceptors (Lipinski definition) is 4. The average Bonchev–Trinajstić information content (AvgIpc) is 3.26. The summed E-state index contributed by atoms with van der Waals surface area (Å²) < 4.78 is 20.7. The first-order valence-electron chi connectivity index (χ1n) is 11.3. The Labute approximate surface area is 185 Å². The molecule has 2 aromatic rings. The summed E-state index contributed by atoms with van der Waals surface area (Å²) in [4.78, 5) is 16.9. The Balaban J connectivity index is 1.75. The van der Waals surface area contributed by atoms with Crippen LogP contribution in [0.1, 0.15) is 49.9 Å². The molecule has 1 saturated heterocycles. The second-order valence-corrected chi connectivity index (χ2v) is 8.04. The van der Waals surface area contributed by atoms with Crippen LogP contribution < -0.4 is 19.9 Å². The Morgan fingerprint density at radius 2 is 1.97 bits per heavy atom. The van der Waals surface area contributed by atoms with Gasteiger partial charge in [0, 0.05) is 36.9 Å². The minimum Gasteiger partial charge on any atom is -0.494 e. The molecule has 1 aliphatic rings. The third-order valence-electron chi connectivity index (χ3n) is 5.74. The molecule has 1 amide bonds. The first kappa shape index (κ1) is 23.1. The zero-order valence-corrected chi connectivity index (χ0v) is 18.9. The van der Waals surface area contributed by atoms with Gasteiger partial charge in [-0.25, -0.2) is 4.39 Å². The normalized spacial score (nSPS) is 15.9. The molecular weight excluding hydrogens is 393 g/mol. The zero-order chi connectivity index (χ0) is 22.2. The number of likely N-dealkylation sites (N-methyl/N-ethyl adjacent to an activating group) is 1. The van der Waals surface area contributed by atoms with Gasteiger partial charge in [-0.15, -0.1) is 0 Å². The van der Waals surface area contributed by atoms with E-state index < -0.39 is 0 Å². The van der Waals surface area contributed by atoms with Crippen molar-refractivity contribution in [3.8, 4) is 5.75 Å². The summed E-state index contributed by atoms with van der Waals surface area (Å²) in [7, 11) is 1.94. The van der Waals surface area contributed by atoms with Gasteiger partial charge < -0.3 is 19.9 Å². The van der Waals surface area contributed by atoms with E-state index in [4.69, 9.17) is 4.74 Å². The topological polar surface area (TPSA) is 44.8 Å². The summed E-state index contributed by atoms with van der Waals surface area (Å²) in [5.41, 5.74) is 1.75. The molecular formula is C25H34FN3O2. The number of halogens is 1. The molecule has 6 heteroatoms. The van der Waals surface area contributed by atoms with E-state index in [-0.39, 0.29) is 11.7 Å². The van der Waals surface area contributed by atoms with E-state index in [1.165, 1.54) is 6.07 Å². The maximum atomic E-state index is 15.0. The molecule has 0 aromatic heterocycles. The number of carbonyl (C=O) groups is 1. The van der Waals surface area contributed by atoms with Crippen molar-refractivity contribution in [2.75, 3.05) is 43.1 Å². The van der Waals surface area contributed by atoms with Crippen molar-refractivity contribution in [1.29, 1.82) is 0 Å². The van der Waals surface area contributed by atoms with Gasteiger partial charge in [-0.3, -0.25) is 4.79 Å². The van der Waals surface area contributed by atoms with Crippen molar-refractivity contribution >= 4 is 17.3 Å². The highest BCUT2D eigenvalue weighted by atomic mass is 19.1. The van der Waals surface area contributed by atoms with Crippen LogP contribution in [0.15, 0.2) is 42.5 Å². The molecule has 0 aliphatic carbocycles. The van der Waals surface area contributed by atoms with Crippen molar-refractivity contribution < 1.29 is 13.9 Å². The molecule has 3 rings (SSSR count). The van der Waals surface area contributed by atoms with Crippen molar-refractivity contribution in [3.63, 3.8) is 0 Å². The summed E-state index contributed by atoms with van der Waals surface area (Å²) >= 11 is 0. The van der Waals surface area contributed by atoms with Crippen LogP contribution in [0.2, 0.25) is 0 Å². The van der Waals surface area contributed by atoms with Crippen LogP contribution in [0, 0.1) is 5.82 Å². The van der Waals surface area contributed by atoms with E-state index >= 15 is 0 Å². The molecule has 0 spiro atoms. The molecule has 5 nitrogen and oxygen atoms in total. The number of anilines is 2. The molecule has 1 atom stereocenters. The summed E-state index contributed by atoms with van der Waals surface area (Å²) in [6.45, 7) is 6.94. The van der Waals surface area contributed by atoms with Gasteiger partial charge in [0.05, 0.1) is 12.3 Å². The number of nitrogens with one attached hydrogen (secondary N) is 1. The lowest BCUT2D eigenvalue weighted by Crippen LogP contribution is -2.32. The predicted molar refractivity (Wildman–Crippen MR) is 125 cm³/mol. The number of benzene rings is 2. The molecule has 2 aromatic carbocycles. The van der Waals surface area contributed by atoms with E-state index in [1.54, 1.807) is 23.1 Å². The van der Waals surface area contributed by atoms with Crippen LogP contribution in [-0.4, -0.2) is 45.2 Å². The van der Waals surface area contributed by atoms with Crippen LogP contribution >= 0.6 is 0 Å². The van der Waals surface area contributed by atoms with E-state index in [9.17, 15) is 9.18 Å². The second kappa shape index (κ2) is 11.1. The number of nitrogens with zero attached hydrogens (tertiary/aromatic N) is 2. The maximum Gasteiger partial charge on any atom is 0.258 e. The quantitative estimate of drug-likeness (QED) is 0.550. The third kappa shape index (κ3) is 5.76. The summed E-state index contributed by atoms with van der Waals surface area (Å²) in [6.07, 6.45) is 3.85.